The summed E-state index contributed by atoms with van der Waals surface area (Å²) in [6.45, 7) is 1.99. The Morgan fingerprint density at radius 3 is 2.75 bits per heavy atom. The summed E-state index contributed by atoms with van der Waals surface area (Å²) >= 11 is 3.23. The number of nitrogens with two attached hydrogens (primary N) is 1. The van der Waals surface area contributed by atoms with Crippen molar-refractivity contribution in [1.82, 2.24) is 9.97 Å². The number of nitrogens with zero attached hydrogens (tertiary/aromatic N) is 2. The Morgan fingerprint density at radius 1 is 1.25 bits per heavy atom. The van der Waals surface area contributed by atoms with Gasteiger partial charge in [-0.05, 0) is 40.5 Å². The Hall–Kier alpha value is -1.62. The van der Waals surface area contributed by atoms with Gasteiger partial charge in [0.05, 0.1) is 0 Å². The maximum atomic E-state index is 5.58. The van der Waals surface area contributed by atoms with Crippen molar-refractivity contribution in [3.05, 3.63) is 40.5 Å². The lowest BCUT2D eigenvalue weighted by Gasteiger charge is -2.05. The summed E-state index contributed by atoms with van der Waals surface area (Å²) in [5.41, 5.74) is 6.69. The first-order valence-electron chi connectivity index (χ1n) is 4.68. The monoisotopic (exact) mass is 279 g/mol. The molecular formula is C11H10BrN3O. The predicted molar refractivity (Wildman–Crippen MR) is 65.4 cm³/mol. The molecular weight excluding hydrogens is 270 g/mol. The van der Waals surface area contributed by atoms with Crippen LogP contribution in [0.15, 0.2) is 34.9 Å². The van der Waals surface area contributed by atoms with Gasteiger partial charge in [0, 0.05) is 6.07 Å². The second-order valence-corrected chi connectivity index (χ2v) is 4.13. The van der Waals surface area contributed by atoms with Crippen molar-refractivity contribution in [2.24, 2.45) is 0 Å². The molecule has 0 saturated carbocycles. The zero-order valence-electron chi connectivity index (χ0n) is 8.64. The highest BCUT2D eigenvalue weighted by Gasteiger charge is 2.03. The summed E-state index contributed by atoms with van der Waals surface area (Å²) < 4.78 is 6.09. The highest BCUT2D eigenvalue weighted by molar-refractivity contribution is 9.10. The maximum Gasteiger partial charge on any atom is 0.325 e. The summed E-state index contributed by atoms with van der Waals surface area (Å²) in [4.78, 5) is 8.04. The van der Waals surface area contributed by atoms with Gasteiger partial charge in [-0.2, -0.15) is 9.97 Å². The lowest BCUT2D eigenvalue weighted by Crippen LogP contribution is -1.97. The zero-order chi connectivity index (χ0) is 11.5. The number of hydrogen-bond acceptors (Lipinski definition) is 4. The number of ether oxygens (including phenoxy) is 1. The van der Waals surface area contributed by atoms with Crippen LogP contribution in [0.4, 0.5) is 5.82 Å². The number of hydrogen-bond donors (Lipinski definition) is 1. The van der Waals surface area contributed by atoms with Crippen molar-refractivity contribution in [2.45, 2.75) is 6.92 Å². The first-order chi connectivity index (χ1) is 7.63. The molecule has 1 aromatic carbocycles. The molecule has 0 radical (unpaired) electrons. The number of anilines is 1. The van der Waals surface area contributed by atoms with Gasteiger partial charge in [-0.25, -0.2) is 0 Å². The van der Waals surface area contributed by atoms with E-state index in [-0.39, 0.29) is 6.01 Å². The van der Waals surface area contributed by atoms with Crippen LogP contribution in [0.2, 0.25) is 0 Å². The lowest BCUT2D eigenvalue weighted by molar-refractivity contribution is 0.441. The standard InChI is InChI=1S/C11H10BrN3O/c1-7-3-2-4-8(5-7)16-11-14-9(12)6-10(13)15-11/h2-6H,1H3,(H2,13,14,15). The van der Waals surface area contributed by atoms with Gasteiger partial charge in [0.15, 0.2) is 0 Å². The molecule has 16 heavy (non-hydrogen) atoms. The largest absolute Gasteiger partial charge is 0.424 e. The van der Waals surface area contributed by atoms with Crippen molar-refractivity contribution in [3.63, 3.8) is 0 Å². The van der Waals surface area contributed by atoms with E-state index in [9.17, 15) is 0 Å². The molecule has 2 aromatic rings. The quantitative estimate of drug-likeness (QED) is 0.859. The van der Waals surface area contributed by atoms with Crippen LogP contribution in [0, 0.1) is 6.92 Å². The van der Waals surface area contributed by atoms with Gasteiger partial charge >= 0.3 is 6.01 Å². The van der Waals surface area contributed by atoms with Crippen LogP contribution < -0.4 is 10.5 Å². The summed E-state index contributed by atoms with van der Waals surface area (Å²) in [6, 6.07) is 9.49. The van der Waals surface area contributed by atoms with Gasteiger partial charge in [-0.1, -0.05) is 12.1 Å². The van der Waals surface area contributed by atoms with Crippen LogP contribution in [-0.2, 0) is 0 Å². The average molecular weight is 280 g/mol. The number of nitrogen functional groups attached to an aromatic ring is 1. The third-order valence-electron chi connectivity index (χ3n) is 1.89. The van der Waals surface area contributed by atoms with Crippen molar-refractivity contribution in [2.75, 3.05) is 5.73 Å². The summed E-state index contributed by atoms with van der Waals surface area (Å²) in [5.74, 6) is 1.06. The Morgan fingerprint density at radius 2 is 2.06 bits per heavy atom. The number of halogens is 1. The van der Waals surface area contributed by atoms with Gasteiger partial charge in [0.25, 0.3) is 0 Å². The van der Waals surface area contributed by atoms with Crippen molar-refractivity contribution >= 4 is 21.7 Å². The van der Waals surface area contributed by atoms with Crippen molar-refractivity contribution in [3.8, 4) is 11.8 Å². The van der Waals surface area contributed by atoms with E-state index in [2.05, 4.69) is 25.9 Å². The van der Waals surface area contributed by atoms with E-state index >= 15 is 0 Å². The topological polar surface area (TPSA) is 61.0 Å². The van der Waals surface area contributed by atoms with E-state index in [1.54, 1.807) is 6.07 Å². The van der Waals surface area contributed by atoms with Gasteiger partial charge < -0.3 is 10.5 Å². The second kappa shape index (κ2) is 4.49. The number of aromatic nitrogens is 2. The summed E-state index contributed by atoms with van der Waals surface area (Å²) in [7, 11) is 0. The molecule has 1 aromatic heterocycles. The van der Waals surface area contributed by atoms with E-state index in [0.29, 0.717) is 16.2 Å². The fraction of sp³-hybridized carbons (Fsp3) is 0.0909. The minimum atomic E-state index is 0.234. The molecule has 0 aliphatic heterocycles. The molecule has 0 bridgehead atoms. The lowest BCUT2D eigenvalue weighted by atomic mass is 10.2. The van der Waals surface area contributed by atoms with E-state index in [1.165, 1.54) is 0 Å². The molecule has 0 amide bonds. The SMILES string of the molecule is Cc1cccc(Oc2nc(N)cc(Br)n2)c1. The van der Waals surface area contributed by atoms with Crippen LogP contribution in [0.1, 0.15) is 5.56 Å². The number of benzene rings is 1. The van der Waals surface area contributed by atoms with Crippen molar-refractivity contribution in [1.29, 1.82) is 0 Å². The molecule has 5 heteroatoms. The highest BCUT2D eigenvalue weighted by atomic mass is 79.9. The molecule has 2 N–H and O–H groups in total. The van der Waals surface area contributed by atoms with E-state index in [0.717, 1.165) is 5.56 Å². The van der Waals surface area contributed by atoms with Crippen LogP contribution in [0.25, 0.3) is 0 Å². The summed E-state index contributed by atoms with van der Waals surface area (Å²) in [5, 5.41) is 0. The molecule has 0 fully saturated rings. The Bertz CT molecular complexity index is 496. The van der Waals surface area contributed by atoms with E-state index in [4.69, 9.17) is 10.5 Å². The minimum Gasteiger partial charge on any atom is -0.424 e. The van der Waals surface area contributed by atoms with Crippen LogP contribution in [0.5, 0.6) is 11.8 Å². The molecule has 82 valence electrons. The van der Waals surface area contributed by atoms with Crippen molar-refractivity contribution < 1.29 is 4.74 Å². The second-order valence-electron chi connectivity index (χ2n) is 3.32. The number of aryl methyl sites for hydroxylation is 1. The molecule has 0 atom stereocenters. The van der Waals surface area contributed by atoms with Gasteiger partial charge in [-0.3, -0.25) is 0 Å². The third kappa shape index (κ3) is 2.70. The minimum absolute atomic E-state index is 0.234. The normalized spacial score (nSPS) is 10.1. The summed E-state index contributed by atoms with van der Waals surface area (Å²) in [6.07, 6.45) is 0. The van der Waals surface area contributed by atoms with Gasteiger partial charge in [-0.15, -0.1) is 0 Å². The molecule has 0 unspecified atom stereocenters. The highest BCUT2D eigenvalue weighted by Crippen LogP contribution is 2.21. The van der Waals surface area contributed by atoms with Crippen LogP contribution >= 0.6 is 15.9 Å². The third-order valence-corrected chi connectivity index (χ3v) is 2.30. The fourth-order valence-corrected chi connectivity index (χ4v) is 1.63. The first-order valence-corrected chi connectivity index (χ1v) is 5.47. The molecule has 0 spiro atoms. The zero-order valence-corrected chi connectivity index (χ0v) is 10.2. The van der Waals surface area contributed by atoms with E-state index < -0.39 is 0 Å². The smallest absolute Gasteiger partial charge is 0.325 e. The van der Waals surface area contributed by atoms with Gasteiger partial charge in [0.1, 0.15) is 16.2 Å². The molecule has 2 rings (SSSR count). The van der Waals surface area contributed by atoms with Crippen LogP contribution in [0.3, 0.4) is 0 Å². The maximum absolute atomic E-state index is 5.58. The van der Waals surface area contributed by atoms with E-state index in [1.807, 2.05) is 31.2 Å². The molecule has 1 heterocycles. The average Bonchev–Trinajstić information content (AvgIpc) is 2.15. The Labute approximate surface area is 102 Å². The molecule has 0 aliphatic rings. The molecule has 4 nitrogen and oxygen atoms in total. The first kappa shape index (κ1) is 10.9. The van der Waals surface area contributed by atoms with Gasteiger partial charge in [0.2, 0.25) is 0 Å². The van der Waals surface area contributed by atoms with Crippen LogP contribution in [-0.4, -0.2) is 9.97 Å². The number of rotatable bonds is 2. The Kier molecular flexibility index (Phi) is 3.05. The Balaban J connectivity index is 2.27. The molecule has 0 saturated heterocycles. The fourth-order valence-electron chi connectivity index (χ4n) is 1.24. The molecule has 0 aliphatic carbocycles. The predicted octanol–water partition coefficient (Wildman–Crippen LogP) is 2.92.